The summed E-state index contributed by atoms with van der Waals surface area (Å²) in [6.45, 7) is 3.88. The maximum Gasteiger partial charge on any atom is 0.392 e. The fourth-order valence-corrected chi connectivity index (χ4v) is 4.60. The Morgan fingerprint density at radius 3 is 2.75 bits per heavy atom. The Labute approximate surface area is 163 Å². The average molecular weight is 423 g/mol. The second-order valence-corrected chi connectivity index (χ2v) is 9.03. The van der Waals surface area contributed by atoms with E-state index in [0.29, 0.717) is 24.2 Å². The smallest absolute Gasteiger partial charge is 0.374 e. The molecule has 1 aromatic rings. The van der Waals surface area contributed by atoms with Crippen LogP contribution in [0.3, 0.4) is 0 Å². The number of anilines is 1. The largest absolute Gasteiger partial charge is 0.392 e. The zero-order chi connectivity index (χ0) is 20.9. The predicted molar refractivity (Wildman–Crippen MR) is 103 cm³/mol. The Bertz CT molecular complexity index is 690. The van der Waals surface area contributed by atoms with Gasteiger partial charge >= 0.3 is 13.8 Å². The fraction of sp³-hybridized carbons (Fsp3) is 0.667. The van der Waals surface area contributed by atoms with E-state index in [4.69, 9.17) is 10.3 Å². The van der Waals surface area contributed by atoms with Crippen LogP contribution in [0.2, 0.25) is 0 Å². The monoisotopic (exact) mass is 423 g/mol. The van der Waals surface area contributed by atoms with Gasteiger partial charge in [-0.1, -0.05) is 25.1 Å². The number of rotatable bonds is 7. The number of hydrogen-bond acceptors (Lipinski definition) is 5. The summed E-state index contributed by atoms with van der Waals surface area (Å²) >= 11 is 0. The molecular weight excluding hydrogens is 394 g/mol. The maximum atomic E-state index is 13.7. The third-order valence-corrected chi connectivity index (χ3v) is 6.27. The second-order valence-electron chi connectivity index (χ2n) is 7.22. The van der Waals surface area contributed by atoms with Gasteiger partial charge in [-0.3, -0.25) is 4.57 Å². The quantitative estimate of drug-likeness (QED) is 0.496. The summed E-state index contributed by atoms with van der Waals surface area (Å²) in [6, 6.07) is 6.58. The molecule has 160 valence electrons. The van der Waals surface area contributed by atoms with Gasteiger partial charge < -0.3 is 25.8 Å². The molecule has 2 rings (SSSR count). The molecule has 5 N–H and O–H groups in total. The molecule has 0 spiro atoms. The number of nitrogens with two attached hydrogens (primary N) is 1. The minimum Gasteiger partial charge on any atom is -0.374 e. The molecule has 1 fully saturated rings. The number of alkyl halides is 3. The van der Waals surface area contributed by atoms with Crippen molar-refractivity contribution in [2.24, 2.45) is 11.7 Å². The molecule has 10 heteroatoms. The first-order chi connectivity index (χ1) is 13.0. The summed E-state index contributed by atoms with van der Waals surface area (Å²) in [4.78, 5) is 10.0. The van der Waals surface area contributed by atoms with Gasteiger partial charge in [-0.25, -0.2) is 0 Å². The molecule has 0 radical (unpaired) electrons. The van der Waals surface area contributed by atoms with Gasteiger partial charge in [-0.2, -0.15) is 13.2 Å². The number of hydrogen-bond donors (Lipinski definition) is 4. The summed E-state index contributed by atoms with van der Waals surface area (Å²) in [6.07, 6.45) is -5.28. The van der Waals surface area contributed by atoms with E-state index in [0.717, 1.165) is 0 Å². The Morgan fingerprint density at radius 1 is 1.43 bits per heavy atom. The second kappa shape index (κ2) is 9.59. The minimum atomic E-state index is -4.40. The number of halogens is 3. The van der Waals surface area contributed by atoms with E-state index >= 15 is 0 Å². The van der Waals surface area contributed by atoms with Gasteiger partial charge in [-0.15, -0.1) is 0 Å². The number of para-hydroxylation sites is 1. The van der Waals surface area contributed by atoms with Crippen LogP contribution in [-0.4, -0.2) is 36.2 Å². The molecule has 1 aliphatic rings. The van der Waals surface area contributed by atoms with Gasteiger partial charge in [-0.05, 0) is 50.3 Å². The van der Waals surface area contributed by atoms with Crippen LogP contribution in [0.25, 0.3) is 0 Å². The Balaban J connectivity index is 2.25. The summed E-state index contributed by atoms with van der Waals surface area (Å²) in [5.74, 6) is -2.41. The van der Waals surface area contributed by atoms with E-state index in [1.807, 2.05) is 6.92 Å². The molecule has 1 aliphatic heterocycles. The van der Waals surface area contributed by atoms with Crippen LogP contribution in [0.1, 0.15) is 44.6 Å². The van der Waals surface area contributed by atoms with Gasteiger partial charge in [0.2, 0.25) is 0 Å². The van der Waals surface area contributed by atoms with Crippen molar-refractivity contribution in [3.63, 3.8) is 0 Å². The highest BCUT2D eigenvalue weighted by molar-refractivity contribution is 7.52. The third-order valence-electron chi connectivity index (χ3n) is 5.03. The Hall–Kier alpha value is -1.12. The van der Waals surface area contributed by atoms with Crippen molar-refractivity contribution < 1.29 is 27.2 Å². The highest BCUT2D eigenvalue weighted by atomic mass is 31.2. The SMILES string of the molecule is CCC(C)OP(=O)(O)CNc1ccccc1C1CCNC(N)CC1C(F)(F)F. The third kappa shape index (κ3) is 6.46. The van der Waals surface area contributed by atoms with E-state index in [2.05, 4.69) is 10.6 Å². The van der Waals surface area contributed by atoms with Crippen LogP contribution >= 0.6 is 7.60 Å². The van der Waals surface area contributed by atoms with E-state index in [1.54, 1.807) is 31.2 Å². The van der Waals surface area contributed by atoms with Crippen molar-refractivity contribution in [3.05, 3.63) is 29.8 Å². The maximum absolute atomic E-state index is 13.7. The van der Waals surface area contributed by atoms with Crippen LogP contribution in [0.5, 0.6) is 0 Å². The van der Waals surface area contributed by atoms with Gasteiger partial charge in [0, 0.05) is 5.69 Å². The van der Waals surface area contributed by atoms with Gasteiger partial charge in [0.25, 0.3) is 0 Å². The van der Waals surface area contributed by atoms with Crippen molar-refractivity contribution in [2.75, 3.05) is 18.1 Å². The first kappa shape index (κ1) is 23.2. The normalized spacial score (nSPS) is 26.9. The molecule has 1 saturated heterocycles. The molecule has 6 nitrogen and oxygen atoms in total. The molecular formula is C18H29F3N3O3P. The van der Waals surface area contributed by atoms with E-state index in [-0.39, 0.29) is 19.1 Å². The Morgan fingerprint density at radius 2 is 2.11 bits per heavy atom. The molecule has 5 atom stereocenters. The lowest BCUT2D eigenvalue weighted by Crippen LogP contribution is -2.39. The van der Waals surface area contributed by atoms with Crippen LogP contribution in [-0.2, 0) is 9.09 Å². The molecule has 1 aromatic carbocycles. The lowest BCUT2D eigenvalue weighted by Gasteiger charge is -2.30. The number of nitrogens with one attached hydrogen (secondary N) is 2. The molecule has 28 heavy (non-hydrogen) atoms. The lowest BCUT2D eigenvalue weighted by atomic mass is 9.81. The number of benzene rings is 1. The average Bonchev–Trinajstić information content (AvgIpc) is 2.81. The molecule has 0 aromatic heterocycles. The van der Waals surface area contributed by atoms with Crippen LogP contribution in [0.15, 0.2) is 24.3 Å². The Kier molecular flexibility index (Phi) is 7.93. The van der Waals surface area contributed by atoms with Crippen molar-refractivity contribution in [1.29, 1.82) is 0 Å². The van der Waals surface area contributed by atoms with Gasteiger partial charge in [0.05, 0.1) is 18.2 Å². The molecule has 0 saturated carbocycles. The van der Waals surface area contributed by atoms with Gasteiger partial charge in [0.1, 0.15) is 6.29 Å². The summed E-state index contributed by atoms with van der Waals surface area (Å²) in [7, 11) is -3.92. The van der Waals surface area contributed by atoms with Crippen molar-refractivity contribution in [3.8, 4) is 0 Å². The van der Waals surface area contributed by atoms with Crippen LogP contribution in [0, 0.1) is 5.92 Å². The van der Waals surface area contributed by atoms with Crippen LogP contribution in [0.4, 0.5) is 18.9 Å². The van der Waals surface area contributed by atoms with Crippen molar-refractivity contribution in [1.82, 2.24) is 5.32 Å². The van der Waals surface area contributed by atoms with Crippen molar-refractivity contribution in [2.45, 2.75) is 57.5 Å². The van der Waals surface area contributed by atoms with E-state index in [9.17, 15) is 22.6 Å². The molecule has 1 heterocycles. The molecule has 0 bridgehead atoms. The standard InChI is InChI=1S/C18H29F3N3O3P/c1-3-12(2)27-28(25,26)11-24-16-7-5-4-6-14(16)13-8-9-23-17(22)10-15(13)18(19,20)21/h4-7,12-13,15,17,23-24H,3,8-11,22H2,1-2H3,(H,25,26). The van der Waals surface area contributed by atoms with Gasteiger partial charge in [0.15, 0.2) is 0 Å². The fourth-order valence-electron chi connectivity index (χ4n) is 3.44. The van der Waals surface area contributed by atoms with E-state index in [1.165, 1.54) is 0 Å². The summed E-state index contributed by atoms with van der Waals surface area (Å²) < 4.78 is 58.5. The molecule has 0 aliphatic carbocycles. The summed E-state index contributed by atoms with van der Waals surface area (Å²) in [5.41, 5.74) is 6.63. The topological polar surface area (TPSA) is 96.6 Å². The lowest BCUT2D eigenvalue weighted by molar-refractivity contribution is -0.183. The highest BCUT2D eigenvalue weighted by Crippen LogP contribution is 2.47. The zero-order valence-corrected chi connectivity index (χ0v) is 17.0. The first-order valence-electron chi connectivity index (χ1n) is 9.42. The van der Waals surface area contributed by atoms with Crippen molar-refractivity contribution >= 4 is 13.3 Å². The van der Waals surface area contributed by atoms with E-state index < -0.39 is 37.9 Å². The zero-order valence-electron chi connectivity index (χ0n) is 16.1. The van der Waals surface area contributed by atoms with Crippen LogP contribution < -0.4 is 16.4 Å². The first-order valence-corrected chi connectivity index (χ1v) is 11.2. The molecule has 0 amide bonds. The predicted octanol–water partition coefficient (Wildman–Crippen LogP) is 3.99. The highest BCUT2D eigenvalue weighted by Gasteiger charge is 2.47. The molecule has 5 unspecified atom stereocenters. The summed E-state index contributed by atoms with van der Waals surface area (Å²) in [5, 5.41) is 5.73. The minimum absolute atomic E-state index is 0.224.